The molecule has 0 radical (unpaired) electrons. The van der Waals surface area contributed by atoms with Crippen LogP contribution in [0.15, 0.2) is 22.9 Å². The first-order chi connectivity index (χ1) is 8.21. The molecule has 2 heterocycles. The van der Waals surface area contributed by atoms with Crippen molar-refractivity contribution in [3.05, 3.63) is 12.7 Å². The smallest absolute Gasteiger partial charge is 0.137 e. The standard InChI is InChI=1S/C7H12N2.C6H11N3/c1-7(2,3)6-4-5-8-9-6;1-6(2,3)9-5-7-4-8-9/h5H,4H2,1-3H3;4-5H,1-3H3. The Balaban J connectivity index is 0.000000180. The van der Waals surface area contributed by atoms with Gasteiger partial charge in [0.05, 0.1) is 11.3 Å². The fourth-order valence-electron chi connectivity index (χ4n) is 1.29. The third-order valence-electron chi connectivity index (χ3n) is 2.52. The number of rotatable bonds is 0. The molecule has 0 amide bonds. The second-order valence-corrected chi connectivity index (χ2v) is 6.31. The zero-order chi connectivity index (χ0) is 13.8. The molecule has 0 saturated carbocycles. The van der Waals surface area contributed by atoms with Crippen molar-refractivity contribution in [2.24, 2.45) is 15.6 Å². The van der Waals surface area contributed by atoms with Crippen LogP contribution in [-0.2, 0) is 5.54 Å². The van der Waals surface area contributed by atoms with E-state index < -0.39 is 0 Å². The van der Waals surface area contributed by atoms with Crippen LogP contribution < -0.4 is 0 Å². The minimum absolute atomic E-state index is 0.0660. The molecule has 2 rings (SSSR count). The largest absolute Gasteiger partial charge is 0.248 e. The SMILES string of the molecule is CC(C)(C)C1=NN=CC1.CC(C)(C)n1cncn1. The molecule has 1 aliphatic rings. The molecule has 0 aliphatic carbocycles. The zero-order valence-electron chi connectivity index (χ0n) is 12.2. The quantitative estimate of drug-likeness (QED) is 0.710. The molecule has 0 saturated heterocycles. The first-order valence-electron chi connectivity index (χ1n) is 6.15. The molecule has 0 bridgehead atoms. The highest BCUT2D eigenvalue weighted by Gasteiger charge is 2.19. The van der Waals surface area contributed by atoms with E-state index >= 15 is 0 Å². The van der Waals surface area contributed by atoms with Crippen molar-refractivity contribution >= 4 is 11.9 Å². The van der Waals surface area contributed by atoms with Gasteiger partial charge < -0.3 is 0 Å². The van der Waals surface area contributed by atoms with Crippen molar-refractivity contribution in [2.45, 2.75) is 53.5 Å². The Bertz CT molecular complexity index is 415. The van der Waals surface area contributed by atoms with Crippen LogP contribution in [0.5, 0.6) is 0 Å². The Kier molecular flexibility index (Phi) is 4.38. The maximum atomic E-state index is 3.99. The van der Waals surface area contributed by atoms with E-state index in [1.165, 1.54) is 5.71 Å². The summed E-state index contributed by atoms with van der Waals surface area (Å²) in [4.78, 5) is 3.84. The predicted molar refractivity (Wildman–Crippen MR) is 75.0 cm³/mol. The minimum atomic E-state index is 0.0660. The lowest BCUT2D eigenvalue weighted by molar-refractivity contribution is 0.354. The van der Waals surface area contributed by atoms with Gasteiger partial charge in [-0.3, -0.25) is 0 Å². The average Bonchev–Trinajstić information content (AvgIpc) is 2.91. The summed E-state index contributed by atoms with van der Waals surface area (Å²) in [6.45, 7) is 12.7. The van der Waals surface area contributed by atoms with Gasteiger partial charge in [0, 0.05) is 18.1 Å². The van der Waals surface area contributed by atoms with E-state index in [-0.39, 0.29) is 11.0 Å². The summed E-state index contributed by atoms with van der Waals surface area (Å²) in [5, 5.41) is 11.8. The molecule has 100 valence electrons. The van der Waals surface area contributed by atoms with Gasteiger partial charge >= 0.3 is 0 Å². The van der Waals surface area contributed by atoms with Crippen molar-refractivity contribution in [1.82, 2.24) is 14.8 Å². The fourth-order valence-corrected chi connectivity index (χ4v) is 1.29. The van der Waals surface area contributed by atoms with E-state index in [1.807, 2.05) is 10.9 Å². The third kappa shape index (κ3) is 4.39. The van der Waals surface area contributed by atoms with E-state index in [9.17, 15) is 0 Å². The van der Waals surface area contributed by atoms with Gasteiger partial charge in [-0.05, 0) is 20.8 Å². The molecule has 0 spiro atoms. The van der Waals surface area contributed by atoms with Crippen molar-refractivity contribution < 1.29 is 0 Å². The fraction of sp³-hybridized carbons (Fsp3) is 0.692. The number of hydrogen-bond acceptors (Lipinski definition) is 4. The maximum Gasteiger partial charge on any atom is 0.137 e. The summed E-state index contributed by atoms with van der Waals surface area (Å²) in [6.07, 6.45) is 6.05. The normalized spacial score (nSPS) is 15.1. The Labute approximate surface area is 109 Å². The third-order valence-corrected chi connectivity index (χ3v) is 2.52. The summed E-state index contributed by atoms with van der Waals surface area (Å²) in [5.41, 5.74) is 1.45. The minimum Gasteiger partial charge on any atom is -0.248 e. The van der Waals surface area contributed by atoms with Crippen molar-refractivity contribution in [2.75, 3.05) is 0 Å². The summed E-state index contributed by atoms with van der Waals surface area (Å²) in [5.74, 6) is 0. The molecule has 0 atom stereocenters. The predicted octanol–water partition coefficient (Wildman–Crippen LogP) is 2.90. The van der Waals surface area contributed by atoms with Gasteiger partial charge in [0.1, 0.15) is 12.7 Å². The monoisotopic (exact) mass is 249 g/mol. The lowest BCUT2D eigenvalue weighted by atomic mass is 9.89. The lowest BCUT2D eigenvalue weighted by Crippen LogP contribution is -2.21. The molecule has 0 aromatic carbocycles. The highest BCUT2D eigenvalue weighted by atomic mass is 15.3. The summed E-state index contributed by atoms with van der Waals surface area (Å²) in [7, 11) is 0. The molecule has 18 heavy (non-hydrogen) atoms. The van der Waals surface area contributed by atoms with Crippen LogP contribution in [-0.4, -0.2) is 26.7 Å². The molecule has 0 fully saturated rings. The molecule has 1 aromatic rings. The Morgan fingerprint density at radius 2 is 1.78 bits per heavy atom. The first kappa shape index (κ1) is 14.5. The maximum absolute atomic E-state index is 3.99. The Hall–Kier alpha value is -1.52. The lowest BCUT2D eigenvalue weighted by Gasteiger charge is -2.17. The van der Waals surface area contributed by atoms with Gasteiger partial charge in [-0.2, -0.15) is 15.3 Å². The van der Waals surface area contributed by atoms with Gasteiger partial charge in [0.25, 0.3) is 0 Å². The second kappa shape index (κ2) is 5.42. The van der Waals surface area contributed by atoms with Crippen molar-refractivity contribution in [3.63, 3.8) is 0 Å². The van der Waals surface area contributed by atoms with Crippen molar-refractivity contribution in [1.29, 1.82) is 0 Å². The van der Waals surface area contributed by atoms with Crippen LogP contribution in [0.4, 0.5) is 0 Å². The topological polar surface area (TPSA) is 55.4 Å². The Morgan fingerprint density at radius 1 is 1.11 bits per heavy atom. The van der Waals surface area contributed by atoms with Gasteiger partial charge in [0.15, 0.2) is 0 Å². The van der Waals surface area contributed by atoms with Crippen LogP contribution in [0.2, 0.25) is 0 Å². The first-order valence-corrected chi connectivity index (χ1v) is 6.15. The Morgan fingerprint density at radius 3 is 2.00 bits per heavy atom. The van der Waals surface area contributed by atoms with Gasteiger partial charge in [0.2, 0.25) is 0 Å². The van der Waals surface area contributed by atoms with E-state index in [4.69, 9.17) is 0 Å². The number of nitrogens with zero attached hydrogens (tertiary/aromatic N) is 5. The summed E-state index contributed by atoms with van der Waals surface area (Å²) >= 11 is 0. The summed E-state index contributed by atoms with van der Waals surface area (Å²) in [6, 6.07) is 0. The highest BCUT2D eigenvalue weighted by molar-refractivity contribution is 6.01. The molecule has 0 unspecified atom stereocenters. The molecular formula is C13H23N5. The molecule has 5 nitrogen and oxygen atoms in total. The highest BCUT2D eigenvalue weighted by Crippen LogP contribution is 2.19. The van der Waals surface area contributed by atoms with Crippen LogP contribution in [0.3, 0.4) is 0 Å². The van der Waals surface area contributed by atoms with Crippen LogP contribution in [0, 0.1) is 5.41 Å². The van der Waals surface area contributed by atoms with Crippen LogP contribution in [0.25, 0.3) is 0 Å². The average molecular weight is 249 g/mol. The van der Waals surface area contributed by atoms with Crippen molar-refractivity contribution in [3.8, 4) is 0 Å². The molecule has 1 aromatic heterocycles. The second-order valence-electron chi connectivity index (χ2n) is 6.31. The van der Waals surface area contributed by atoms with E-state index in [1.54, 1.807) is 12.7 Å². The van der Waals surface area contributed by atoms with E-state index in [2.05, 4.69) is 61.8 Å². The number of hydrogen-bond donors (Lipinski definition) is 0. The molecule has 5 heteroatoms. The summed E-state index contributed by atoms with van der Waals surface area (Å²) < 4.78 is 1.83. The number of aromatic nitrogens is 3. The van der Waals surface area contributed by atoms with Gasteiger partial charge in [-0.1, -0.05) is 20.8 Å². The molecule has 0 N–H and O–H groups in total. The molecular weight excluding hydrogens is 226 g/mol. The van der Waals surface area contributed by atoms with E-state index in [0.29, 0.717) is 0 Å². The van der Waals surface area contributed by atoms with Gasteiger partial charge in [-0.15, -0.1) is 0 Å². The van der Waals surface area contributed by atoms with E-state index in [0.717, 1.165) is 6.42 Å². The molecule has 1 aliphatic heterocycles. The van der Waals surface area contributed by atoms with Crippen LogP contribution >= 0.6 is 0 Å². The van der Waals surface area contributed by atoms with Crippen LogP contribution in [0.1, 0.15) is 48.0 Å². The van der Waals surface area contributed by atoms with Gasteiger partial charge in [-0.25, -0.2) is 9.67 Å². The zero-order valence-corrected chi connectivity index (χ0v) is 12.2.